The number of halogens is 2. The summed E-state index contributed by atoms with van der Waals surface area (Å²) in [5, 5.41) is 5.71. The van der Waals surface area contributed by atoms with Gasteiger partial charge in [0.1, 0.15) is 12.4 Å². The molecule has 0 bridgehead atoms. The third kappa shape index (κ3) is 3.69. The summed E-state index contributed by atoms with van der Waals surface area (Å²) in [4.78, 5) is 0. The monoisotopic (exact) mass is 346 g/mol. The zero-order chi connectivity index (χ0) is 16.4. The Morgan fingerprint density at radius 2 is 1.78 bits per heavy atom. The molecule has 0 saturated carbocycles. The first-order valence-electron chi connectivity index (χ1n) is 7.20. The molecule has 0 N–H and O–H groups in total. The summed E-state index contributed by atoms with van der Waals surface area (Å²) >= 11 is 12.3. The van der Waals surface area contributed by atoms with Crippen molar-refractivity contribution in [3.63, 3.8) is 0 Å². The molecular weight excluding hydrogens is 331 g/mol. The molecule has 0 saturated heterocycles. The van der Waals surface area contributed by atoms with Gasteiger partial charge in [-0.1, -0.05) is 35.3 Å². The molecule has 0 spiro atoms. The Bertz CT molecular complexity index is 826. The van der Waals surface area contributed by atoms with Gasteiger partial charge >= 0.3 is 0 Å². The number of ether oxygens (including phenoxy) is 1. The number of hydrogen-bond donors (Lipinski definition) is 0. The molecule has 0 fully saturated rings. The van der Waals surface area contributed by atoms with Crippen LogP contribution in [0.1, 0.15) is 11.3 Å². The van der Waals surface area contributed by atoms with Crippen LogP contribution in [0.4, 0.5) is 0 Å². The molecule has 0 aliphatic carbocycles. The molecule has 0 unspecified atom stereocenters. The molecule has 5 heteroatoms. The molecule has 2 aromatic carbocycles. The van der Waals surface area contributed by atoms with Crippen molar-refractivity contribution in [3.8, 4) is 16.9 Å². The van der Waals surface area contributed by atoms with Crippen LogP contribution in [0.3, 0.4) is 0 Å². The van der Waals surface area contributed by atoms with Crippen molar-refractivity contribution in [2.45, 2.75) is 13.5 Å². The van der Waals surface area contributed by atoms with E-state index < -0.39 is 0 Å². The molecule has 1 heterocycles. The van der Waals surface area contributed by atoms with Crippen molar-refractivity contribution >= 4 is 23.2 Å². The van der Waals surface area contributed by atoms with Crippen LogP contribution >= 0.6 is 23.2 Å². The Labute approximate surface area is 145 Å². The molecule has 118 valence electrons. The lowest BCUT2D eigenvalue weighted by molar-refractivity contribution is 0.306. The predicted octanol–water partition coefficient (Wildman–Crippen LogP) is 5.28. The zero-order valence-corrected chi connectivity index (χ0v) is 14.4. The van der Waals surface area contributed by atoms with Crippen LogP contribution in [-0.4, -0.2) is 9.78 Å². The normalized spacial score (nSPS) is 10.8. The molecule has 0 aliphatic rings. The first-order chi connectivity index (χ1) is 11.0. The van der Waals surface area contributed by atoms with Crippen molar-refractivity contribution in [2.75, 3.05) is 0 Å². The maximum absolute atomic E-state index is 6.41. The standard InChI is InChI=1S/C18H16Cl2N2O/c1-12-17(10-22(2)21-12)16-8-7-15(9-18(16)20)23-11-13-3-5-14(19)6-4-13/h3-10H,11H2,1-2H3. The minimum Gasteiger partial charge on any atom is -0.489 e. The van der Waals surface area contributed by atoms with E-state index >= 15 is 0 Å². The molecule has 23 heavy (non-hydrogen) atoms. The fourth-order valence-corrected chi connectivity index (χ4v) is 2.81. The lowest BCUT2D eigenvalue weighted by atomic mass is 10.1. The van der Waals surface area contributed by atoms with Crippen LogP contribution in [0.5, 0.6) is 5.75 Å². The van der Waals surface area contributed by atoms with E-state index in [-0.39, 0.29) is 0 Å². The summed E-state index contributed by atoms with van der Waals surface area (Å²) in [6, 6.07) is 13.3. The van der Waals surface area contributed by atoms with E-state index in [1.807, 2.05) is 62.6 Å². The minimum atomic E-state index is 0.471. The summed E-state index contributed by atoms with van der Waals surface area (Å²) in [6.45, 7) is 2.44. The van der Waals surface area contributed by atoms with Gasteiger partial charge < -0.3 is 4.74 Å². The molecule has 3 rings (SSSR count). The highest BCUT2D eigenvalue weighted by Gasteiger charge is 2.11. The van der Waals surface area contributed by atoms with Crippen LogP contribution in [0.15, 0.2) is 48.7 Å². The first kappa shape index (κ1) is 15.9. The van der Waals surface area contributed by atoms with Crippen LogP contribution in [0.25, 0.3) is 11.1 Å². The summed E-state index contributed by atoms with van der Waals surface area (Å²) in [6.07, 6.45) is 1.96. The van der Waals surface area contributed by atoms with Crippen LogP contribution < -0.4 is 4.74 Å². The quantitative estimate of drug-likeness (QED) is 0.642. The van der Waals surface area contributed by atoms with E-state index in [1.165, 1.54) is 0 Å². The van der Waals surface area contributed by atoms with Crippen molar-refractivity contribution in [1.82, 2.24) is 9.78 Å². The smallest absolute Gasteiger partial charge is 0.121 e. The van der Waals surface area contributed by atoms with Crippen molar-refractivity contribution in [1.29, 1.82) is 0 Å². The Kier molecular flexibility index (Phi) is 4.60. The SMILES string of the molecule is Cc1nn(C)cc1-c1ccc(OCc2ccc(Cl)cc2)cc1Cl. The largest absolute Gasteiger partial charge is 0.489 e. The minimum absolute atomic E-state index is 0.471. The summed E-state index contributed by atoms with van der Waals surface area (Å²) in [5.74, 6) is 0.732. The summed E-state index contributed by atoms with van der Waals surface area (Å²) in [7, 11) is 1.90. The van der Waals surface area contributed by atoms with Gasteiger partial charge in [-0.2, -0.15) is 5.10 Å². The number of benzene rings is 2. The Balaban J connectivity index is 1.76. The van der Waals surface area contributed by atoms with E-state index in [1.54, 1.807) is 4.68 Å². The lowest BCUT2D eigenvalue weighted by Gasteiger charge is -2.09. The van der Waals surface area contributed by atoms with E-state index in [0.29, 0.717) is 16.7 Å². The second-order valence-corrected chi connectivity index (χ2v) is 6.20. The number of aromatic nitrogens is 2. The Morgan fingerprint density at radius 1 is 1.04 bits per heavy atom. The van der Waals surface area contributed by atoms with Gasteiger partial charge in [0.2, 0.25) is 0 Å². The Morgan fingerprint density at radius 3 is 2.39 bits per heavy atom. The fraction of sp³-hybridized carbons (Fsp3) is 0.167. The third-order valence-corrected chi connectivity index (χ3v) is 4.13. The van der Waals surface area contributed by atoms with Crippen molar-refractivity contribution in [2.24, 2.45) is 7.05 Å². The second-order valence-electron chi connectivity index (χ2n) is 5.36. The maximum atomic E-state index is 6.41. The van der Waals surface area contributed by atoms with Gasteiger partial charge in [0, 0.05) is 29.4 Å². The second kappa shape index (κ2) is 6.65. The summed E-state index contributed by atoms with van der Waals surface area (Å²) < 4.78 is 7.57. The highest BCUT2D eigenvalue weighted by Crippen LogP contribution is 2.32. The highest BCUT2D eigenvalue weighted by molar-refractivity contribution is 6.33. The molecule has 3 aromatic rings. The fourth-order valence-electron chi connectivity index (χ4n) is 2.42. The van der Waals surface area contributed by atoms with Crippen molar-refractivity contribution < 1.29 is 4.74 Å². The van der Waals surface area contributed by atoms with Gasteiger partial charge in [0.25, 0.3) is 0 Å². The molecule has 1 aromatic heterocycles. The number of rotatable bonds is 4. The Hall–Kier alpha value is -1.97. The van der Waals surface area contributed by atoms with Gasteiger partial charge in [-0.25, -0.2) is 0 Å². The van der Waals surface area contributed by atoms with Gasteiger partial charge in [0.15, 0.2) is 0 Å². The van der Waals surface area contributed by atoms with Crippen LogP contribution in [-0.2, 0) is 13.7 Å². The topological polar surface area (TPSA) is 27.1 Å². The average molecular weight is 347 g/mol. The van der Waals surface area contributed by atoms with E-state index in [9.17, 15) is 0 Å². The maximum Gasteiger partial charge on any atom is 0.121 e. The third-order valence-electron chi connectivity index (χ3n) is 3.56. The van der Waals surface area contributed by atoms with Gasteiger partial charge in [-0.3, -0.25) is 4.68 Å². The van der Waals surface area contributed by atoms with Crippen LogP contribution in [0.2, 0.25) is 10.0 Å². The van der Waals surface area contributed by atoms with Gasteiger partial charge in [0.05, 0.1) is 10.7 Å². The molecule has 0 aliphatic heterocycles. The van der Waals surface area contributed by atoms with Crippen LogP contribution in [0, 0.1) is 6.92 Å². The first-order valence-corrected chi connectivity index (χ1v) is 7.96. The molecule has 0 amide bonds. The van der Waals surface area contributed by atoms with Gasteiger partial charge in [-0.05, 0) is 42.8 Å². The predicted molar refractivity (Wildman–Crippen MR) is 94.2 cm³/mol. The van der Waals surface area contributed by atoms with Crippen molar-refractivity contribution in [3.05, 3.63) is 70.0 Å². The van der Waals surface area contributed by atoms with E-state index in [2.05, 4.69) is 5.10 Å². The zero-order valence-electron chi connectivity index (χ0n) is 12.9. The van der Waals surface area contributed by atoms with E-state index in [4.69, 9.17) is 27.9 Å². The highest BCUT2D eigenvalue weighted by atomic mass is 35.5. The molecule has 0 atom stereocenters. The molecular formula is C18H16Cl2N2O. The number of hydrogen-bond acceptors (Lipinski definition) is 2. The average Bonchev–Trinajstić information content (AvgIpc) is 2.85. The summed E-state index contributed by atoms with van der Waals surface area (Å²) in [5.41, 5.74) is 3.99. The number of nitrogens with zero attached hydrogens (tertiary/aromatic N) is 2. The van der Waals surface area contributed by atoms with Gasteiger partial charge in [-0.15, -0.1) is 0 Å². The molecule has 3 nitrogen and oxygen atoms in total. The van der Waals surface area contributed by atoms with E-state index in [0.717, 1.165) is 28.1 Å². The lowest BCUT2D eigenvalue weighted by Crippen LogP contribution is -1.95. The number of aryl methyl sites for hydroxylation is 2. The molecule has 0 radical (unpaired) electrons.